The van der Waals surface area contributed by atoms with E-state index < -0.39 is 5.97 Å². The van der Waals surface area contributed by atoms with Gasteiger partial charge in [-0.2, -0.15) is 0 Å². The first-order valence-electron chi connectivity index (χ1n) is 4.20. The second-order valence-corrected chi connectivity index (χ2v) is 3.30. The quantitative estimate of drug-likeness (QED) is 0.787. The Balaban J connectivity index is 3.14. The molecule has 0 aliphatic rings. The standard InChI is InChI=1S/C10H10ClNO3/c1-6(13)12-9-4-3-7(11)5-8(9)10(14)15-2/h3-5H,1-2H3,(H,12,13). The zero-order valence-electron chi connectivity index (χ0n) is 8.33. The van der Waals surface area contributed by atoms with Gasteiger partial charge in [0.15, 0.2) is 0 Å². The minimum Gasteiger partial charge on any atom is -0.465 e. The fraction of sp³-hybridized carbons (Fsp3) is 0.200. The van der Waals surface area contributed by atoms with Crippen LogP contribution in [0.2, 0.25) is 5.02 Å². The molecule has 4 nitrogen and oxygen atoms in total. The number of benzene rings is 1. The van der Waals surface area contributed by atoms with Gasteiger partial charge in [-0.1, -0.05) is 11.6 Å². The molecule has 0 atom stereocenters. The van der Waals surface area contributed by atoms with Gasteiger partial charge < -0.3 is 10.1 Å². The molecule has 0 bridgehead atoms. The highest BCUT2D eigenvalue weighted by atomic mass is 35.5. The summed E-state index contributed by atoms with van der Waals surface area (Å²) in [6.45, 7) is 1.36. The summed E-state index contributed by atoms with van der Waals surface area (Å²) >= 11 is 5.73. The zero-order chi connectivity index (χ0) is 11.4. The summed E-state index contributed by atoms with van der Waals surface area (Å²) in [6.07, 6.45) is 0. The van der Waals surface area contributed by atoms with Gasteiger partial charge in [-0.05, 0) is 18.2 Å². The second kappa shape index (κ2) is 4.79. The maximum Gasteiger partial charge on any atom is 0.340 e. The van der Waals surface area contributed by atoms with Crippen molar-refractivity contribution < 1.29 is 14.3 Å². The highest BCUT2D eigenvalue weighted by Gasteiger charge is 2.12. The molecule has 1 amide bonds. The van der Waals surface area contributed by atoms with Gasteiger partial charge in [-0.3, -0.25) is 4.79 Å². The monoisotopic (exact) mass is 227 g/mol. The predicted octanol–water partition coefficient (Wildman–Crippen LogP) is 2.08. The number of anilines is 1. The first-order chi connectivity index (χ1) is 7.04. The number of methoxy groups -OCH3 is 1. The van der Waals surface area contributed by atoms with E-state index in [1.54, 1.807) is 12.1 Å². The van der Waals surface area contributed by atoms with Crippen molar-refractivity contribution in [3.8, 4) is 0 Å². The SMILES string of the molecule is COC(=O)c1cc(Cl)ccc1NC(C)=O. The van der Waals surface area contributed by atoms with Gasteiger partial charge in [0.25, 0.3) is 0 Å². The third kappa shape index (κ3) is 2.95. The lowest BCUT2D eigenvalue weighted by molar-refractivity contribution is -0.114. The summed E-state index contributed by atoms with van der Waals surface area (Å²) in [4.78, 5) is 22.2. The number of halogens is 1. The number of carbonyl (C=O) groups excluding carboxylic acids is 2. The Labute approximate surface area is 92.2 Å². The smallest absolute Gasteiger partial charge is 0.340 e. The molecule has 0 unspecified atom stereocenters. The predicted molar refractivity (Wildman–Crippen MR) is 57.1 cm³/mol. The first kappa shape index (κ1) is 11.5. The van der Waals surface area contributed by atoms with Gasteiger partial charge >= 0.3 is 5.97 Å². The maximum absolute atomic E-state index is 11.3. The van der Waals surface area contributed by atoms with E-state index in [0.717, 1.165) is 0 Å². The normalized spacial score (nSPS) is 9.53. The van der Waals surface area contributed by atoms with E-state index in [-0.39, 0.29) is 11.5 Å². The van der Waals surface area contributed by atoms with Crippen molar-refractivity contribution in [2.24, 2.45) is 0 Å². The number of esters is 1. The summed E-state index contributed by atoms with van der Waals surface area (Å²) in [7, 11) is 1.26. The highest BCUT2D eigenvalue weighted by Crippen LogP contribution is 2.21. The molecule has 0 aliphatic carbocycles. The Bertz CT molecular complexity index is 404. The fourth-order valence-electron chi connectivity index (χ4n) is 1.09. The van der Waals surface area contributed by atoms with Crippen LogP contribution in [-0.4, -0.2) is 19.0 Å². The molecule has 0 saturated heterocycles. The summed E-state index contributed by atoms with van der Waals surface area (Å²) in [5.74, 6) is -0.802. The van der Waals surface area contributed by atoms with Crippen molar-refractivity contribution in [1.29, 1.82) is 0 Å². The average Bonchev–Trinajstić information content (AvgIpc) is 2.19. The van der Waals surface area contributed by atoms with Gasteiger partial charge in [0.1, 0.15) is 0 Å². The van der Waals surface area contributed by atoms with E-state index in [4.69, 9.17) is 11.6 Å². The van der Waals surface area contributed by atoms with Gasteiger partial charge in [0, 0.05) is 11.9 Å². The number of carbonyl (C=O) groups is 2. The molecule has 80 valence electrons. The van der Waals surface area contributed by atoms with Crippen LogP contribution in [0.3, 0.4) is 0 Å². The molecular weight excluding hydrogens is 218 g/mol. The minimum absolute atomic E-state index is 0.236. The van der Waals surface area contributed by atoms with E-state index in [1.165, 1.54) is 20.1 Å². The van der Waals surface area contributed by atoms with Crippen LogP contribution in [0.5, 0.6) is 0 Å². The molecule has 0 spiro atoms. The summed E-state index contributed by atoms with van der Waals surface area (Å²) < 4.78 is 4.56. The second-order valence-electron chi connectivity index (χ2n) is 2.86. The molecule has 0 heterocycles. The summed E-state index contributed by atoms with van der Waals surface area (Å²) in [5, 5.41) is 2.92. The van der Waals surface area contributed by atoms with Crippen LogP contribution in [0.1, 0.15) is 17.3 Å². The zero-order valence-corrected chi connectivity index (χ0v) is 9.09. The van der Waals surface area contributed by atoms with Crippen LogP contribution in [0.25, 0.3) is 0 Å². The molecule has 0 aromatic heterocycles. The van der Waals surface area contributed by atoms with Crippen molar-refractivity contribution in [3.63, 3.8) is 0 Å². The molecule has 15 heavy (non-hydrogen) atoms. The van der Waals surface area contributed by atoms with Crippen molar-refractivity contribution in [2.45, 2.75) is 6.92 Å². The molecule has 5 heteroatoms. The van der Waals surface area contributed by atoms with Crippen molar-refractivity contribution in [2.75, 3.05) is 12.4 Å². The first-order valence-corrected chi connectivity index (χ1v) is 4.58. The molecule has 1 aromatic carbocycles. The third-order valence-corrected chi connectivity index (χ3v) is 1.93. The van der Waals surface area contributed by atoms with Crippen LogP contribution in [-0.2, 0) is 9.53 Å². The van der Waals surface area contributed by atoms with Crippen LogP contribution < -0.4 is 5.32 Å². The summed E-state index contributed by atoms with van der Waals surface area (Å²) in [5.41, 5.74) is 0.624. The third-order valence-electron chi connectivity index (χ3n) is 1.70. The lowest BCUT2D eigenvalue weighted by atomic mass is 10.2. The van der Waals surface area contributed by atoms with Gasteiger partial charge in [0.05, 0.1) is 18.4 Å². The van der Waals surface area contributed by atoms with Gasteiger partial charge in [-0.15, -0.1) is 0 Å². The topological polar surface area (TPSA) is 55.4 Å². The Morgan fingerprint density at radius 3 is 2.60 bits per heavy atom. The Hall–Kier alpha value is -1.55. The van der Waals surface area contributed by atoms with Crippen molar-refractivity contribution in [1.82, 2.24) is 0 Å². The van der Waals surface area contributed by atoms with E-state index in [9.17, 15) is 9.59 Å². The molecule has 1 rings (SSSR count). The molecule has 0 saturated carbocycles. The Kier molecular flexibility index (Phi) is 3.68. The van der Waals surface area contributed by atoms with Crippen molar-refractivity contribution >= 4 is 29.2 Å². The number of rotatable bonds is 2. The summed E-state index contributed by atoms with van der Waals surface area (Å²) in [6, 6.07) is 4.58. The average molecular weight is 228 g/mol. The molecule has 0 radical (unpaired) electrons. The number of hydrogen-bond donors (Lipinski definition) is 1. The van der Waals surface area contributed by atoms with Crippen LogP contribution in [0.15, 0.2) is 18.2 Å². The van der Waals surface area contributed by atoms with Crippen LogP contribution in [0.4, 0.5) is 5.69 Å². The van der Waals surface area contributed by atoms with Crippen LogP contribution in [0, 0.1) is 0 Å². The Morgan fingerprint density at radius 2 is 2.07 bits per heavy atom. The van der Waals surface area contributed by atoms with Crippen molar-refractivity contribution in [3.05, 3.63) is 28.8 Å². The lowest BCUT2D eigenvalue weighted by Crippen LogP contribution is -2.11. The fourth-order valence-corrected chi connectivity index (χ4v) is 1.27. The van der Waals surface area contributed by atoms with E-state index in [0.29, 0.717) is 10.7 Å². The molecule has 0 aliphatic heterocycles. The maximum atomic E-state index is 11.3. The minimum atomic E-state index is -0.541. The highest BCUT2D eigenvalue weighted by molar-refractivity contribution is 6.31. The van der Waals surface area contributed by atoms with E-state index in [2.05, 4.69) is 10.1 Å². The number of hydrogen-bond acceptors (Lipinski definition) is 3. The Morgan fingerprint density at radius 1 is 1.40 bits per heavy atom. The number of ether oxygens (including phenoxy) is 1. The number of amides is 1. The van der Waals surface area contributed by atoms with Gasteiger partial charge in [0.2, 0.25) is 5.91 Å². The van der Waals surface area contributed by atoms with Gasteiger partial charge in [-0.25, -0.2) is 4.79 Å². The number of nitrogens with one attached hydrogen (secondary N) is 1. The largest absolute Gasteiger partial charge is 0.465 e. The molecule has 1 aromatic rings. The lowest BCUT2D eigenvalue weighted by Gasteiger charge is -2.08. The van der Waals surface area contributed by atoms with E-state index in [1.807, 2.05) is 0 Å². The molecular formula is C10H10ClNO3. The van der Waals surface area contributed by atoms with E-state index >= 15 is 0 Å². The molecule has 0 fully saturated rings. The molecule has 1 N–H and O–H groups in total. The van der Waals surface area contributed by atoms with Crippen LogP contribution >= 0.6 is 11.6 Å².